The average Bonchev–Trinajstić information content (AvgIpc) is 2.54. The van der Waals surface area contributed by atoms with Crippen molar-refractivity contribution in [1.82, 2.24) is 4.90 Å². The standard InChI is InChI=1S/C17H21NO3/c1-20-15-5-3-2-4-13(15)6-7-17(19)21-16-12-18-10-8-14(16)9-11-18/h2-7,14,16H,8-12H2,1H3. The van der Waals surface area contributed by atoms with Crippen LogP contribution in [0.1, 0.15) is 18.4 Å². The van der Waals surface area contributed by atoms with Crippen molar-refractivity contribution in [2.24, 2.45) is 5.92 Å². The molecule has 112 valence electrons. The third-order valence-electron chi connectivity index (χ3n) is 4.40. The Balaban J connectivity index is 1.60. The van der Waals surface area contributed by atoms with Gasteiger partial charge in [-0.3, -0.25) is 4.90 Å². The van der Waals surface area contributed by atoms with Gasteiger partial charge in [0.05, 0.1) is 7.11 Å². The van der Waals surface area contributed by atoms with Crippen LogP contribution in [0.2, 0.25) is 0 Å². The Labute approximate surface area is 125 Å². The summed E-state index contributed by atoms with van der Waals surface area (Å²) in [5.41, 5.74) is 0.880. The topological polar surface area (TPSA) is 38.8 Å². The third kappa shape index (κ3) is 3.27. The van der Waals surface area contributed by atoms with Gasteiger partial charge in [-0.25, -0.2) is 4.79 Å². The van der Waals surface area contributed by atoms with Crippen LogP contribution >= 0.6 is 0 Å². The van der Waals surface area contributed by atoms with Crippen molar-refractivity contribution in [2.75, 3.05) is 26.7 Å². The molecule has 4 heteroatoms. The van der Waals surface area contributed by atoms with Gasteiger partial charge < -0.3 is 9.47 Å². The molecular weight excluding hydrogens is 266 g/mol. The van der Waals surface area contributed by atoms with E-state index in [1.807, 2.05) is 24.3 Å². The summed E-state index contributed by atoms with van der Waals surface area (Å²) in [5, 5.41) is 0. The highest BCUT2D eigenvalue weighted by Gasteiger charge is 2.36. The highest BCUT2D eigenvalue weighted by atomic mass is 16.5. The number of para-hydroxylation sites is 1. The second kappa shape index (κ2) is 6.31. The molecule has 0 saturated carbocycles. The van der Waals surface area contributed by atoms with Crippen LogP contribution in [0.4, 0.5) is 0 Å². The van der Waals surface area contributed by atoms with Crippen molar-refractivity contribution >= 4 is 12.0 Å². The largest absolute Gasteiger partial charge is 0.496 e. The van der Waals surface area contributed by atoms with Crippen molar-refractivity contribution in [2.45, 2.75) is 18.9 Å². The van der Waals surface area contributed by atoms with Gasteiger partial charge in [-0.05, 0) is 44.0 Å². The first-order valence-corrected chi connectivity index (χ1v) is 7.50. The number of methoxy groups -OCH3 is 1. The molecule has 0 aliphatic carbocycles. The van der Waals surface area contributed by atoms with Gasteiger partial charge in [-0.1, -0.05) is 18.2 Å². The maximum atomic E-state index is 12.0. The van der Waals surface area contributed by atoms with Crippen molar-refractivity contribution in [3.8, 4) is 5.75 Å². The lowest BCUT2D eigenvalue weighted by atomic mass is 9.86. The number of esters is 1. The van der Waals surface area contributed by atoms with Gasteiger partial charge in [0.1, 0.15) is 11.9 Å². The van der Waals surface area contributed by atoms with E-state index in [0.717, 1.165) is 43.8 Å². The van der Waals surface area contributed by atoms with Gasteiger partial charge in [0.2, 0.25) is 0 Å². The number of ether oxygens (including phenoxy) is 2. The molecule has 1 aromatic carbocycles. The number of rotatable bonds is 4. The van der Waals surface area contributed by atoms with Gasteiger partial charge in [0, 0.05) is 18.2 Å². The van der Waals surface area contributed by atoms with E-state index in [9.17, 15) is 4.79 Å². The first kappa shape index (κ1) is 14.1. The minimum absolute atomic E-state index is 0.0577. The molecular formula is C17H21NO3. The summed E-state index contributed by atoms with van der Waals surface area (Å²) in [7, 11) is 1.62. The Morgan fingerprint density at radius 2 is 2.05 bits per heavy atom. The van der Waals surface area contributed by atoms with Gasteiger partial charge >= 0.3 is 5.97 Å². The average molecular weight is 287 g/mol. The number of carbonyl (C=O) groups excluding carboxylic acids is 1. The van der Waals surface area contributed by atoms with E-state index >= 15 is 0 Å². The summed E-state index contributed by atoms with van der Waals surface area (Å²) in [5.74, 6) is 1.03. The molecule has 1 unspecified atom stereocenters. The predicted molar refractivity (Wildman–Crippen MR) is 81.1 cm³/mol. The fourth-order valence-electron chi connectivity index (χ4n) is 3.19. The number of hydrogen-bond donors (Lipinski definition) is 0. The fourth-order valence-corrected chi connectivity index (χ4v) is 3.19. The zero-order valence-corrected chi connectivity index (χ0v) is 12.3. The molecule has 3 aliphatic heterocycles. The van der Waals surface area contributed by atoms with Crippen LogP contribution in [0.15, 0.2) is 30.3 Å². The number of piperidine rings is 3. The molecule has 3 fully saturated rings. The van der Waals surface area contributed by atoms with Crippen molar-refractivity contribution < 1.29 is 14.3 Å². The minimum Gasteiger partial charge on any atom is -0.496 e. The summed E-state index contributed by atoms with van der Waals surface area (Å²) in [4.78, 5) is 14.4. The molecule has 0 amide bonds. The normalized spacial score (nSPS) is 27.8. The number of hydrogen-bond acceptors (Lipinski definition) is 4. The van der Waals surface area contributed by atoms with Gasteiger partial charge in [0.15, 0.2) is 0 Å². The third-order valence-corrected chi connectivity index (χ3v) is 4.40. The quantitative estimate of drug-likeness (QED) is 0.629. The second-order valence-electron chi connectivity index (χ2n) is 5.69. The van der Waals surface area contributed by atoms with E-state index in [2.05, 4.69) is 4.90 Å². The molecule has 0 radical (unpaired) electrons. The Kier molecular flexibility index (Phi) is 4.25. The van der Waals surface area contributed by atoms with Crippen molar-refractivity contribution in [1.29, 1.82) is 0 Å². The van der Waals surface area contributed by atoms with E-state index < -0.39 is 0 Å². The van der Waals surface area contributed by atoms with Crippen LogP contribution in [-0.2, 0) is 9.53 Å². The number of nitrogens with zero attached hydrogens (tertiary/aromatic N) is 1. The fraction of sp³-hybridized carbons (Fsp3) is 0.471. The zero-order chi connectivity index (χ0) is 14.7. The van der Waals surface area contributed by atoms with Crippen molar-refractivity contribution in [3.05, 3.63) is 35.9 Å². The van der Waals surface area contributed by atoms with Crippen LogP contribution in [0.3, 0.4) is 0 Å². The van der Waals surface area contributed by atoms with Gasteiger partial charge in [-0.2, -0.15) is 0 Å². The number of carbonyl (C=O) groups is 1. The lowest BCUT2D eigenvalue weighted by molar-refractivity contribution is -0.152. The second-order valence-corrected chi connectivity index (χ2v) is 5.69. The summed E-state index contributed by atoms with van der Waals surface area (Å²) >= 11 is 0. The van der Waals surface area contributed by atoms with Gasteiger partial charge in [0.25, 0.3) is 0 Å². The molecule has 3 aliphatic rings. The highest BCUT2D eigenvalue weighted by molar-refractivity contribution is 5.87. The van der Waals surface area contributed by atoms with E-state index in [0.29, 0.717) is 5.92 Å². The molecule has 3 heterocycles. The molecule has 0 aromatic heterocycles. The maximum absolute atomic E-state index is 12.0. The van der Waals surface area contributed by atoms with Gasteiger partial charge in [-0.15, -0.1) is 0 Å². The smallest absolute Gasteiger partial charge is 0.331 e. The molecule has 1 aromatic rings. The van der Waals surface area contributed by atoms with Crippen LogP contribution in [0, 0.1) is 5.92 Å². The zero-order valence-electron chi connectivity index (χ0n) is 12.3. The summed E-state index contributed by atoms with van der Waals surface area (Å²) in [6.45, 7) is 3.18. The molecule has 0 spiro atoms. The predicted octanol–water partition coefficient (Wildman–Crippen LogP) is 2.35. The summed E-state index contributed by atoms with van der Waals surface area (Å²) in [6, 6.07) is 7.61. The number of benzene rings is 1. The summed E-state index contributed by atoms with van der Waals surface area (Å²) in [6.07, 6.45) is 5.60. The van der Waals surface area contributed by atoms with E-state index in [1.165, 1.54) is 6.08 Å². The summed E-state index contributed by atoms with van der Waals surface area (Å²) < 4.78 is 10.9. The first-order valence-electron chi connectivity index (χ1n) is 7.50. The molecule has 3 saturated heterocycles. The monoisotopic (exact) mass is 287 g/mol. The van der Waals surface area contributed by atoms with E-state index in [-0.39, 0.29) is 12.1 Å². The lowest BCUT2D eigenvalue weighted by Crippen LogP contribution is -2.51. The Morgan fingerprint density at radius 1 is 1.29 bits per heavy atom. The molecule has 0 N–H and O–H groups in total. The van der Waals surface area contributed by atoms with Crippen LogP contribution in [0.25, 0.3) is 6.08 Å². The van der Waals surface area contributed by atoms with E-state index in [4.69, 9.17) is 9.47 Å². The van der Waals surface area contributed by atoms with Crippen LogP contribution < -0.4 is 4.74 Å². The lowest BCUT2D eigenvalue weighted by Gasteiger charge is -2.43. The SMILES string of the molecule is COc1ccccc1C=CC(=O)OC1CN2CCC1CC2. The molecule has 2 bridgehead atoms. The minimum atomic E-state index is -0.264. The molecule has 1 atom stereocenters. The Morgan fingerprint density at radius 3 is 2.71 bits per heavy atom. The van der Waals surface area contributed by atoms with Crippen LogP contribution in [0.5, 0.6) is 5.75 Å². The first-order chi connectivity index (χ1) is 10.3. The highest BCUT2D eigenvalue weighted by Crippen LogP contribution is 2.29. The maximum Gasteiger partial charge on any atom is 0.331 e. The van der Waals surface area contributed by atoms with Crippen molar-refractivity contribution in [3.63, 3.8) is 0 Å². The molecule has 4 rings (SSSR count). The Hall–Kier alpha value is -1.81. The molecule has 4 nitrogen and oxygen atoms in total. The van der Waals surface area contributed by atoms with Crippen LogP contribution in [-0.4, -0.2) is 43.7 Å². The molecule has 21 heavy (non-hydrogen) atoms. The number of fused-ring (bicyclic) bond motifs is 3. The van der Waals surface area contributed by atoms with E-state index in [1.54, 1.807) is 13.2 Å². The Bertz CT molecular complexity index is 533.